The lowest BCUT2D eigenvalue weighted by molar-refractivity contribution is -0.127. The van der Waals surface area contributed by atoms with Crippen molar-refractivity contribution in [3.05, 3.63) is 27.7 Å². The summed E-state index contributed by atoms with van der Waals surface area (Å²) < 4.78 is 1.80. The van der Waals surface area contributed by atoms with Crippen molar-refractivity contribution < 1.29 is 9.59 Å². The fraction of sp³-hybridized carbons (Fsp3) is 0.467. The Morgan fingerprint density at radius 1 is 1.42 bits per heavy atom. The number of aryl methyl sites for hydroxylation is 2. The number of amides is 2. The van der Waals surface area contributed by atoms with E-state index in [1.807, 2.05) is 19.4 Å². The standard InChI is InChI=1S/C15H21N5O2S2/c1-10-6-7-23-11(10)8-19(2)14(22)9-24-15-18-17-13(20(15)3)5-4-12(16)21/h6-7H,4-5,8-9H2,1-3H3,(H2,16,21). The number of thioether (sulfide) groups is 1. The Labute approximate surface area is 149 Å². The molecule has 130 valence electrons. The highest BCUT2D eigenvalue weighted by molar-refractivity contribution is 7.99. The third-order valence-corrected chi connectivity index (χ3v) is 5.63. The Hall–Kier alpha value is -1.87. The van der Waals surface area contributed by atoms with Crippen molar-refractivity contribution in [3.8, 4) is 0 Å². The lowest BCUT2D eigenvalue weighted by Crippen LogP contribution is -2.27. The van der Waals surface area contributed by atoms with Crippen LogP contribution in [-0.2, 0) is 29.6 Å². The lowest BCUT2D eigenvalue weighted by atomic mass is 10.3. The molecular weight excluding hydrogens is 346 g/mol. The SMILES string of the molecule is Cc1ccsc1CN(C)C(=O)CSc1nnc(CCC(N)=O)n1C. The lowest BCUT2D eigenvalue weighted by Gasteiger charge is -2.16. The fourth-order valence-electron chi connectivity index (χ4n) is 2.03. The van der Waals surface area contributed by atoms with Crippen molar-refractivity contribution in [2.75, 3.05) is 12.8 Å². The number of aromatic nitrogens is 3. The molecular formula is C15H21N5O2S2. The second kappa shape index (κ2) is 8.29. The van der Waals surface area contributed by atoms with Crippen LogP contribution < -0.4 is 5.73 Å². The number of primary amides is 1. The third-order valence-electron chi connectivity index (χ3n) is 3.62. The van der Waals surface area contributed by atoms with E-state index in [0.29, 0.717) is 29.7 Å². The second-order valence-electron chi connectivity index (χ2n) is 5.49. The van der Waals surface area contributed by atoms with Gasteiger partial charge in [0.25, 0.3) is 0 Å². The second-order valence-corrected chi connectivity index (χ2v) is 7.43. The van der Waals surface area contributed by atoms with Crippen molar-refractivity contribution in [1.82, 2.24) is 19.7 Å². The molecule has 0 spiro atoms. The molecule has 0 bridgehead atoms. The van der Waals surface area contributed by atoms with E-state index in [0.717, 1.165) is 0 Å². The summed E-state index contributed by atoms with van der Waals surface area (Å²) in [4.78, 5) is 26.0. The number of carbonyl (C=O) groups excluding carboxylic acids is 2. The van der Waals surface area contributed by atoms with Crippen LogP contribution in [0.15, 0.2) is 16.6 Å². The van der Waals surface area contributed by atoms with Gasteiger partial charge in [0.15, 0.2) is 5.16 Å². The predicted molar refractivity (Wildman–Crippen MR) is 94.8 cm³/mol. The van der Waals surface area contributed by atoms with Crippen LogP contribution in [0.1, 0.15) is 22.7 Å². The zero-order chi connectivity index (χ0) is 17.7. The largest absolute Gasteiger partial charge is 0.370 e. The van der Waals surface area contributed by atoms with Crippen LogP contribution in [0.25, 0.3) is 0 Å². The molecule has 24 heavy (non-hydrogen) atoms. The van der Waals surface area contributed by atoms with E-state index >= 15 is 0 Å². The van der Waals surface area contributed by atoms with Gasteiger partial charge >= 0.3 is 0 Å². The summed E-state index contributed by atoms with van der Waals surface area (Å²) in [7, 11) is 3.62. The average molecular weight is 368 g/mol. The van der Waals surface area contributed by atoms with Gasteiger partial charge in [-0.05, 0) is 23.9 Å². The van der Waals surface area contributed by atoms with Crippen molar-refractivity contribution in [3.63, 3.8) is 0 Å². The van der Waals surface area contributed by atoms with E-state index in [1.54, 1.807) is 27.9 Å². The summed E-state index contributed by atoms with van der Waals surface area (Å²) in [6, 6.07) is 2.06. The summed E-state index contributed by atoms with van der Waals surface area (Å²) in [5.41, 5.74) is 6.35. The van der Waals surface area contributed by atoms with Crippen LogP contribution in [0.5, 0.6) is 0 Å². The fourth-order valence-corrected chi connectivity index (χ4v) is 3.86. The summed E-state index contributed by atoms with van der Waals surface area (Å²) >= 11 is 3.00. The number of carbonyl (C=O) groups is 2. The molecule has 0 saturated heterocycles. The van der Waals surface area contributed by atoms with E-state index in [2.05, 4.69) is 16.3 Å². The van der Waals surface area contributed by atoms with Gasteiger partial charge in [0.05, 0.1) is 12.3 Å². The Balaban J connectivity index is 1.87. The minimum absolute atomic E-state index is 0.0366. The number of hydrogen-bond donors (Lipinski definition) is 1. The van der Waals surface area contributed by atoms with Gasteiger partial charge in [-0.15, -0.1) is 21.5 Å². The van der Waals surface area contributed by atoms with Crippen molar-refractivity contribution >= 4 is 34.9 Å². The van der Waals surface area contributed by atoms with E-state index in [-0.39, 0.29) is 18.2 Å². The van der Waals surface area contributed by atoms with Crippen LogP contribution in [-0.4, -0.2) is 44.3 Å². The molecule has 2 amide bonds. The predicted octanol–water partition coefficient (Wildman–Crippen LogP) is 1.35. The van der Waals surface area contributed by atoms with Gasteiger partial charge in [-0.3, -0.25) is 9.59 Å². The van der Waals surface area contributed by atoms with E-state index in [9.17, 15) is 9.59 Å². The topological polar surface area (TPSA) is 94.1 Å². The maximum atomic E-state index is 12.3. The van der Waals surface area contributed by atoms with E-state index in [4.69, 9.17) is 5.73 Å². The van der Waals surface area contributed by atoms with Gasteiger partial charge in [-0.1, -0.05) is 11.8 Å². The van der Waals surface area contributed by atoms with Crippen LogP contribution in [0.3, 0.4) is 0 Å². The van der Waals surface area contributed by atoms with Gasteiger partial charge < -0.3 is 15.2 Å². The van der Waals surface area contributed by atoms with Crippen molar-refractivity contribution in [2.24, 2.45) is 12.8 Å². The van der Waals surface area contributed by atoms with Gasteiger partial charge in [0.1, 0.15) is 5.82 Å². The summed E-state index contributed by atoms with van der Waals surface area (Å²) in [5.74, 6) is 0.650. The summed E-state index contributed by atoms with van der Waals surface area (Å²) in [6.07, 6.45) is 0.684. The van der Waals surface area contributed by atoms with E-state index in [1.165, 1.54) is 22.2 Å². The molecule has 0 unspecified atom stereocenters. The minimum Gasteiger partial charge on any atom is -0.370 e. The summed E-state index contributed by atoms with van der Waals surface area (Å²) in [5, 5.41) is 10.8. The highest BCUT2D eigenvalue weighted by atomic mass is 32.2. The molecule has 2 aromatic heterocycles. The summed E-state index contributed by atoms with van der Waals surface area (Å²) in [6.45, 7) is 2.66. The maximum absolute atomic E-state index is 12.3. The quantitative estimate of drug-likeness (QED) is 0.711. The number of nitrogens with two attached hydrogens (primary N) is 1. The van der Waals surface area contributed by atoms with Gasteiger partial charge in [0.2, 0.25) is 11.8 Å². The molecule has 0 atom stereocenters. The molecule has 0 aromatic carbocycles. The highest BCUT2D eigenvalue weighted by Gasteiger charge is 2.15. The van der Waals surface area contributed by atoms with Gasteiger partial charge in [-0.25, -0.2) is 0 Å². The maximum Gasteiger partial charge on any atom is 0.233 e. The molecule has 0 aliphatic heterocycles. The molecule has 9 heteroatoms. The number of hydrogen-bond acceptors (Lipinski definition) is 6. The van der Waals surface area contributed by atoms with Gasteiger partial charge in [0, 0.05) is 31.8 Å². The Morgan fingerprint density at radius 2 is 2.17 bits per heavy atom. The first-order valence-electron chi connectivity index (χ1n) is 7.44. The normalized spacial score (nSPS) is 10.8. The first kappa shape index (κ1) is 18.5. The molecule has 0 aliphatic rings. The first-order valence-corrected chi connectivity index (χ1v) is 9.31. The zero-order valence-electron chi connectivity index (χ0n) is 14.0. The Morgan fingerprint density at radius 3 is 2.79 bits per heavy atom. The molecule has 2 N–H and O–H groups in total. The molecule has 2 heterocycles. The van der Waals surface area contributed by atoms with Crippen molar-refractivity contribution in [2.45, 2.75) is 31.5 Å². The Bertz CT molecular complexity index is 725. The average Bonchev–Trinajstić information content (AvgIpc) is 3.09. The minimum atomic E-state index is -0.368. The van der Waals surface area contributed by atoms with Crippen LogP contribution in [0.2, 0.25) is 0 Å². The van der Waals surface area contributed by atoms with E-state index < -0.39 is 0 Å². The van der Waals surface area contributed by atoms with Crippen LogP contribution in [0.4, 0.5) is 0 Å². The number of nitrogens with zero attached hydrogens (tertiary/aromatic N) is 4. The van der Waals surface area contributed by atoms with Gasteiger partial charge in [-0.2, -0.15) is 0 Å². The molecule has 0 aliphatic carbocycles. The highest BCUT2D eigenvalue weighted by Crippen LogP contribution is 2.20. The number of thiophene rings is 1. The van der Waals surface area contributed by atoms with Crippen LogP contribution in [0, 0.1) is 6.92 Å². The monoisotopic (exact) mass is 367 g/mol. The molecule has 0 radical (unpaired) electrons. The number of rotatable bonds is 8. The molecule has 0 saturated carbocycles. The molecule has 0 fully saturated rings. The smallest absolute Gasteiger partial charge is 0.233 e. The zero-order valence-corrected chi connectivity index (χ0v) is 15.6. The molecule has 7 nitrogen and oxygen atoms in total. The molecule has 2 aromatic rings. The Kier molecular flexibility index (Phi) is 6.38. The first-order chi connectivity index (χ1) is 11.4. The molecule has 2 rings (SSSR count). The van der Waals surface area contributed by atoms with Crippen LogP contribution >= 0.6 is 23.1 Å². The third kappa shape index (κ3) is 4.81. The van der Waals surface area contributed by atoms with Crippen molar-refractivity contribution in [1.29, 1.82) is 0 Å².